The lowest BCUT2D eigenvalue weighted by Crippen LogP contribution is -2.02. The molecule has 1 unspecified atom stereocenters. The third-order valence-electron chi connectivity index (χ3n) is 3.59. The Hall–Kier alpha value is -1.04. The van der Waals surface area contributed by atoms with Gasteiger partial charge in [-0.2, -0.15) is 0 Å². The van der Waals surface area contributed by atoms with Crippen LogP contribution in [0.15, 0.2) is 30.4 Å². The molecule has 0 aliphatic rings. The fourth-order valence-electron chi connectivity index (χ4n) is 2.38. The first-order valence-electron chi connectivity index (χ1n) is 6.99. The fourth-order valence-corrected chi connectivity index (χ4v) is 2.38. The number of hydrogen-bond acceptors (Lipinski definition) is 0. The molecule has 17 heavy (non-hydrogen) atoms. The van der Waals surface area contributed by atoms with Crippen LogP contribution in [0, 0.1) is 0 Å². The van der Waals surface area contributed by atoms with Crippen LogP contribution in [0.1, 0.15) is 63.1 Å². The second kappa shape index (κ2) is 7.32. The van der Waals surface area contributed by atoms with Crippen LogP contribution in [-0.4, -0.2) is 0 Å². The Morgan fingerprint density at radius 3 is 2.41 bits per heavy atom. The Morgan fingerprint density at radius 1 is 1.12 bits per heavy atom. The highest BCUT2D eigenvalue weighted by Gasteiger charge is 2.12. The second-order valence-corrected chi connectivity index (χ2v) is 4.65. The van der Waals surface area contributed by atoms with Crippen LogP contribution < -0.4 is 0 Å². The van der Waals surface area contributed by atoms with Crippen molar-refractivity contribution in [1.29, 1.82) is 0 Å². The minimum absolute atomic E-state index is 0.688. The first-order valence-corrected chi connectivity index (χ1v) is 6.99. The van der Waals surface area contributed by atoms with Crippen LogP contribution in [0.2, 0.25) is 0 Å². The quantitative estimate of drug-likeness (QED) is 0.584. The molecular formula is C17H26. The maximum atomic E-state index is 2.43. The molecule has 1 rings (SSSR count). The van der Waals surface area contributed by atoms with E-state index in [9.17, 15) is 0 Å². The topological polar surface area (TPSA) is 0 Å². The number of benzene rings is 1. The Balaban J connectivity index is 3.05. The van der Waals surface area contributed by atoms with Crippen molar-refractivity contribution in [2.24, 2.45) is 0 Å². The van der Waals surface area contributed by atoms with E-state index in [-0.39, 0.29) is 0 Å². The van der Waals surface area contributed by atoms with Crippen molar-refractivity contribution >= 4 is 0 Å². The Bertz CT molecular complexity index is 360. The molecule has 0 amide bonds. The highest BCUT2D eigenvalue weighted by Crippen LogP contribution is 2.28. The predicted molar refractivity (Wildman–Crippen MR) is 77.7 cm³/mol. The third-order valence-corrected chi connectivity index (χ3v) is 3.59. The maximum Gasteiger partial charge on any atom is -0.0127 e. The molecular weight excluding hydrogens is 204 g/mol. The lowest BCUT2D eigenvalue weighted by atomic mass is 9.87. The molecule has 1 atom stereocenters. The van der Waals surface area contributed by atoms with Crippen molar-refractivity contribution < 1.29 is 0 Å². The van der Waals surface area contributed by atoms with Gasteiger partial charge >= 0.3 is 0 Å². The first kappa shape index (κ1) is 14.0. The summed E-state index contributed by atoms with van der Waals surface area (Å²) in [5.74, 6) is 0.688. The molecule has 0 aliphatic carbocycles. The largest absolute Gasteiger partial charge is 0.0916 e. The molecule has 0 aromatic heterocycles. The summed E-state index contributed by atoms with van der Waals surface area (Å²) in [5, 5.41) is 0. The van der Waals surface area contributed by atoms with E-state index in [1.807, 2.05) is 0 Å². The van der Waals surface area contributed by atoms with Crippen LogP contribution in [0.5, 0.6) is 0 Å². The predicted octanol–water partition coefficient (Wildman–Crippen LogP) is 5.27. The first-order chi connectivity index (χ1) is 8.26. The number of hydrogen-bond donors (Lipinski definition) is 0. The molecule has 1 aromatic carbocycles. The average molecular weight is 230 g/mol. The molecule has 0 fully saturated rings. The van der Waals surface area contributed by atoms with Crippen molar-refractivity contribution in [1.82, 2.24) is 0 Å². The monoisotopic (exact) mass is 230 g/mol. The Morgan fingerprint density at radius 2 is 1.88 bits per heavy atom. The van der Waals surface area contributed by atoms with Crippen LogP contribution >= 0.6 is 0 Å². The zero-order valence-corrected chi connectivity index (χ0v) is 11.8. The highest BCUT2D eigenvalue weighted by atomic mass is 14.2. The van der Waals surface area contributed by atoms with E-state index in [0.29, 0.717) is 5.92 Å². The summed E-state index contributed by atoms with van der Waals surface area (Å²) in [6.07, 6.45) is 9.14. The van der Waals surface area contributed by atoms with Gasteiger partial charge in [0.1, 0.15) is 0 Å². The SMILES string of the molecule is C/C=C\CC(CC)c1cc(CC)ccc1CC. The van der Waals surface area contributed by atoms with Gasteiger partial charge in [0.25, 0.3) is 0 Å². The van der Waals surface area contributed by atoms with Gasteiger partial charge in [-0.05, 0) is 55.2 Å². The van der Waals surface area contributed by atoms with Gasteiger partial charge in [0.2, 0.25) is 0 Å². The van der Waals surface area contributed by atoms with Crippen LogP contribution in [0.25, 0.3) is 0 Å². The molecule has 0 spiro atoms. The minimum atomic E-state index is 0.688. The Kier molecular flexibility index (Phi) is 6.04. The molecule has 0 bridgehead atoms. The van der Waals surface area contributed by atoms with Gasteiger partial charge in [0, 0.05) is 0 Å². The zero-order valence-electron chi connectivity index (χ0n) is 11.8. The Labute approximate surface area is 107 Å². The summed E-state index contributed by atoms with van der Waals surface area (Å²) in [4.78, 5) is 0. The number of rotatable bonds is 6. The summed E-state index contributed by atoms with van der Waals surface area (Å²) in [6, 6.07) is 7.04. The summed E-state index contributed by atoms with van der Waals surface area (Å²) in [5.41, 5.74) is 4.57. The molecule has 0 N–H and O–H groups in total. The summed E-state index contributed by atoms with van der Waals surface area (Å²) >= 11 is 0. The maximum absolute atomic E-state index is 2.43. The van der Waals surface area contributed by atoms with Gasteiger partial charge in [0.15, 0.2) is 0 Å². The summed E-state index contributed by atoms with van der Waals surface area (Å²) < 4.78 is 0. The molecule has 0 heterocycles. The van der Waals surface area contributed by atoms with Crippen molar-refractivity contribution in [2.45, 2.75) is 59.3 Å². The van der Waals surface area contributed by atoms with E-state index in [1.165, 1.54) is 24.0 Å². The number of allylic oxidation sites excluding steroid dienone is 2. The van der Waals surface area contributed by atoms with E-state index < -0.39 is 0 Å². The van der Waals surface area contributed by atoms with Gasteiger partial charge < -0.3 is 0 Å². The summed E-state index contributed by atoms with van der Waals surface area (Å²) in [7, 11) is 0. The van der Waals surface area contributed by atoms with Crippen LogP contribution in [-0.2, 0) is 12.8 Å². The van der Waals surface area contributed by atoms with E-state index >= 15 is 0 Å². The van der Waals surface area contributed by atoms with E-state index in [2.05, 4.69) is 58.0 Å². The number of aryl methyl sites for hydroxylation is 2. The van der Waals surface area contributed by atoms with Gasteiger partial charge in [0.05, 0.1) is 0 Å². The van der Waals surface area contributed by atoms with E-state index in [1.54, 1.807) is 5.56 Å². The summed E-state index contributed by atoms with van der Waals surface area (Å²) in [6.45, 7) is 8.90. The van der Waals surface area contributed by atoms with Gasteiger partial charge in [-0.1, -0.05) is 51.1 Å². The molecule has 0 aliphatic heterocycles. The lowest BCUT2D eigenvalue weighted by molar-refractivity contribution is 0.665. The fraction of sp³-hybridized carbons (Fsp3) is 0.529. The van der Waals surface area contributed by atoms with Crippen molar-refractivity contribution in [3.63, 3.8) is 0 Å². The van der Waals surface area contributed by atoms with E-state index in [0.717, 1.165) is 12.8 Å². The molecule has 0 heteroatoms. The smallest absolute Gasteiger partial charge is 0.0127 e. The standard InChI is InChI=1S/C17H26/c1-5-9-10-15(7-3)17-13-14(6-2)11-12-16(17)8-4/h5,9,11-13,15H,6-8,10H2,1-4H3/b9-5-. The highest BCUT2D eigenvalue weighted by molar-refractivity contribution is 5.35. The molecule has 94 valence electrons. The van der Waals surface area contributed by atoms with Crippen molar-refractivity contribution in [3.05, 3.63) is 47.0 Å². The minimum Gasteiger partial charge on any atom is -0.0916 e. The molecule has 0 nitrogen and oxygen atoms in total. The van der Waals surface area contributed by atoms with Crippen molar-refractivity contribution in [3.8, 4) is 0 Å². The van der Waals surface area contributed by atoms with Gasteiger partial charge in [-0.3, -0.25) is 0 Å². The average Bonchev–Trinajstić information content (AvgIpc) is 2.39. The second-order valence-electron chi connectivity index (χ2n) is 4.65. The van der Waals surface area contributed by atoms with E-state index in [4.69, 9.17) is 0 Å². The zero-order chi connectivity index (χ0) is 12.7. The van der Waals surface area contributed by atoms with Gasteiger partial charge in [-0.15, -0.1) is 0 Å². The molecule has 0 saturated carbocycles. The molecule has 0 saturated heterocycles. The molecule has 1 aromatic rings. The third kappa shape index (κ3) is 3.73. The van der Waals surface area contributed by atoms with Gasteiger partial charge in [-0.25, -0.2) is 0 Å². The van der Waals surface area contributed by atoms with Crippen LogP contribution in [0.3, 0.4) is 0 Å². The molecule has 0 radical (unpaired) electrons. The van der Waals surface area contributed by atoms with Crippen LogP contribution in [0.4, 0.5) is 0 Å². The normalized spacial score (nSPS) is 13.2. The van der Waals surface area contributed by atoms with Crippen molar-refractivity contribution in [2.75, 3.05) is 0 Å². The lowest BCUT2D eigenvalue weighted by Gasteiger charge is -2.18.